The van der Waals surface area contributed by atoms with Crippen LogP contribution >= 0.6 is 24.8 Å². The molecule has 1 aromatic carbocycles. The van der Waals surface area contributed by atoms with Gasteiger partial charge in [-0.05, 0) is 68.8 Å². The molecule has 31 heavy (non-hydrogen) atoms. The van der Waals surface area contributed by atoms with E-state index < -0.39 is 0 Å². The van der Waals surface area contributed by atoms with Crippen LogP contribution in [0.2, 0.25) is 0 Å². The highest BCUT2D eigenvalue weighted by Gasteiger charge is 2.46. The quantitative estimate of drug-likeness (QED) is 0.720. The lowest BCUT2D eigenvalue weighted by molar-refractivity contribution is -0.144. The van der Waals surface area contributed by atoms with Crippen LogP contribution in [0.25, 0.3) is 0 Å². The van der Waals surface area contributed by atoms with Crippen LogP contribution in [-0.4, -0.2) is 53.5 Å². The number of rotatable bonds is 3. The molecule has 1 aromatic rings. The van der Waals surface area contributed by atoms with Gasteiger partial charge in [-0.1, -0.05) is 36.8 Å². The topological polar surface area (TPSA) is 49.6 Å². The minimum absolute atomic E-state index is 0. The van der Waals surface area contributed by atoms with E-state index >= 15 is 0 Å². The number of amides is 1. The Hall–Kier alpha value is -0.810. The fourth-order valence-corrected chi connectivity index (χ4v) is 6.82. The highest BCUT2D eigenvalue weighted by atomic mass is 35.5. The number of piperidine rings is 3. The Morgan fingerprint density at radius 3 is 2.42 bits per heavy atom. The first-order valence-corrected chi connectivity index (χ1v) is 12.0. The molecule has 3 heterocycles. The summed E-state index contributed by atoms with van der Waals surface area (Å²) in [7, 11) is 0. The Morgan fingerprint density at radius 2 is 1.68 bits per heavy atom. The monoisotopic (exact) mass is 467 g/mol. The lowest BCUT2D eigenvalue weighted by atomic mass is 9.73. The molecule has 5 rings (SSSR count). The maximum atomic E-state index is 13.2. The lowest BCUT2D eigenvalue weighted by Gasteiger charge is -2.55. The number of benzene rings is 1. The van der Waals surface area contributed by atoms with Crippen molar-refractivity contribution in [3.8, 4) is 0 Å². The summed E-state index contributed by atoms with van der Waals surface area (Å²) in [5, 5.41) is 0. The van der Waals surface area contributed by atoms with E-state index in [9.17, 15) is 4.79 Å². The number of likely N-dealkylation sites (tertiary alicyclic amines) is 1. The van der Waals surface area contributed by atoms with Crippen LogP contribution in [-0.2, 0) is 11.2 Å². The summed E-state index contributed by atoms with van der Waals surface area (Å²) in [6.07, 6.45) is 10.6. The van der Waals surface area contributed by atoms with E-state index in [1.165, 1.54) is 44.2 Å². The van der Waals surface area contributed by atoms with Crippen molar-refractivity contribution in [1.29, 1.82) is 0 Å². The van der Waals surface area contributed by atoms with Crippen molar-refractivity contribution in [3.05, 3.63) is 35.9 Å². The van der Waals surface area contributed by atoms with E-state index in [1.54, 1.807) is 0 Å². The third-order valence-corrected chi connectivity index (χ3v) is 8.26. The van der Waals surface area contributed by atoms with Gasteiger partial charge in [-0.25, -0.2) is 0 Å². The van der Waals surface area contributed by atoms with Crippen LogP contribution in [0.3, 0.4) is 0 Å². The molecule has 2 bridgehead atoms. The van der Waals surface area contributed by atoms with Gasteiger partial charge in [0.15, 0.2) is 0 Å². The van der Waals surface area contributed by atoms with Crippen LogP contribution in [0.1, 0.15) is 56.9 Å². The van der Waals surface area contributed by atoms with Gasteiger partial charge >= 0.3 is 0 Å². The van der Waals surface area contributed by atoms with Gasteiger partial charge in [0.05, 0.1) is 0 Å². The number of nitrogens with zero attached hydrogens (tertiary/aromatic N) is 2. The van der Waals surface area contributed by atoms with Gasteiger partial charge < -0.3 is 10.6 Å². The van der Waals surface area contributed by atoms with E-state index in [0.29, 0.717) is 35.9 Å². The molecule has 1 aliphatic carbocycles. The van der Waals surface area contributed by atoms with E-state index in [-0.39, 0.29) is 30.7 Å². The van der Waals surface area contributed by atoms with Crippen molar-refractivity contribution in [3.63, 3.8) is 0 Å². The van der Waals surface area contributed by atoms with Crippen molar-refractivity contribution in [2.75, 3.05) is 19.6 Å². The van der Waals surface area contributed by atoms with E-state index in [0.717, 1.165) is 38.8 Å². The molecular weight excluding hydrogens is 429 g/mol. The summed E-state index contributed by atoms with van der Waals surface area (Å²) in [5.74, 6) is 2.02. The second-order valence-electron chi connectivity index (χ2n) is 10.3. The predicted molar refractivity (Wildman–Crippen MR) is 131 cm³/mol. The molecule has 4 fully saturated rings. The van der Waals surface area contributed by atoms with Gasteiger partial charge in [-0.3, -0.25) is 9.69 Å². The minimum Gasteiger partial charge on any atom is -0.342 e. The van der Waals surface area contributed by atoms with Gasteiger partial charge in [0, 0.05) is 43.7 Å². The molecule has 1 saturated carbocycles. The van der Waals surface area contributed by atoms with Gasteiger partial charge in [0.1, 0.15) is 0 Å². The summed E-state index contributed by atoms with van der Waals surface area (Å²) in [4.78, 5) is 18.3. The summed E-state index contributed by atoms with van der Waals surface area (Å²) in [6.45, 7) is 3.17. The Morgan fingerprint density at radius 1 is 0.935 bits per heavy atom. The molecule has 4 nitrogen and oxygen atoms in total. The molecule has 0 aromatic heterocycles. The van der Waals surface area contributed by atoms with E-state index in [2.05, 4.69) is 40.1 Å². The molecule has 0 radical (unpaired) electrons. The number of nitrogens with two attached hydrogens (primary N) is 1. The van der Waals surface area contributed by atoms with Crippen molar-refractivity contribution >= 4 is 30.7 Å². The maximum Gasteiger partial charge on any atom is 0.225 e. The Bertz CT molecular complexity index is 710. The molecule has 0 unspecified atom stereocenters. The minimum atomic E-state index is 0. The van der Waals surface area contributed by atoms with Crippen LogP contribution in [0.15, 0.2) is 30.3 Å². The van der Waals surface area contributed by atoms with Crippen LogP contribution in [0.4, 0.5) is 0 Å². The summed E-state index contributed by atoms with van der Waals surface area (Å²) in [6, 6.07) is 12.7. The molecule has 6 heteroatoms. The van der Waals surface area contributed by atoms with Crippen molar-refractivity contribution in [2.45, 2.75) is 75.9 Å². The van der Waals surface area contributed by atoms with Crippen LogP contribution < -0.4 is 5.73 Å². The van der Waals surface area contributed by atoms with Crippen molar-refractivity contribution < 1.29 is 4.79 Å². The zero-order chi connectivity index (χ0) is 19.8. The zero-order valence-corrected chi connectivity index (χ0v) is 20.2. The molecule has 4 aliphatic rings. The van der Waals surface area contributed by atoms with Crippen molar-refractivity contribution in [1.82, 2.24) is 9.80 Å². The second-order valence-corrected chi connectivity index (χ2v) is 10.3. The molecule has 174 valence electrons. The fraction of sp³-hybridized carbons (Fsp3) is 0.720. The Kier molecular flexibility index (Phi) is 8.71. The molecule has 2 N–H and O–H groups in total. The number of hydrogen-bond acceptors (Lipinski definition) is 3. The largest absolute Gasteiger partial charge is 0.342 e. The predicted octanol–water partition coefficient (Wildman–Crippen LogP) is 4.29. The highest BCUT2D eigenvalue weighted by Crippen LogP contribution is 2.41. The third-order valence-electron chi connectivity index (χ3n) is 8.26. The zero-order valence-electron chi connectivity index (χ0n) is 18.5. The highest BCUT2D eigenvalue weighted by molar-refractivity contribution is 5.85. The third kappa shape index (κ3) is 5.40. The van der Waals surface area contributed by atoms with Gasteiger partial charge in [0.2, 0.25) is 5.91 Å². The lowest BCUT2D eigenvalue weighted by Crippen LogP contribution is -2.63. The number of halogens is 2. The summed E-state index contributed by atoms with van der Waals surface area (Å²) >= 11 is 0. The maximum absolute atomic E-state index is 13.2. The average Bonchev–Trinajstić information content (AvgIpc) is 2.75. The number of carbonyl (C=O) groups excluding carboxylic acids is 1. The van der Waals surface area contributed by atoms with Crippen LogP contribution in [0, 0.1) is 17.8 Å². The molecule has 3 aliphatic heterocycles. The Balaban J connectivity index is 0.00000136. The number of fused-ring (bicyclic) bond motifs is 4. The van der Waals surface area contributed by atoms with Crippen LogP contribution in [0.5, 0.6) is 0 Å². The Labute approximate surface area is 200 Å². The summed E-state index contributed by atoms with van der Waals surface area (Å²) < 4.78 is 0. The molecular formula is C25H39Cl2N3O. The first-order valence-electron chi connectivity index (χ1n) is 12.0. The normalized spacial score (nSPS) is 35.3. The van der Waals surface area contributed by atoms with E-state index in [1.807, 2.05) is 0 Å². The van der Waals surface area contributed by atoms with Crippen molar-refractivity contribution in [2.24, 2.45) is 23.5 Å². The smallest absolute Gasteiger partial charge is 0.225 e. The van der Waals surface area contributed by atoms with Gasteiger partial charge in [-0.15, -0.1) is 24.8 Å². The molecule has 3 saturated heterocycles. The van der Waals surface area contributed by atoms with Gasteiger partial charge in [-0.2, -0.15) is 0 Å². The molecule has 4 atom stereocenters. The van der Waals surface area contributed by atoms with E-state index in [4.69, 9.17) is 5.73 Å². The van der Waals surface area contributed by atoms with Gasteiger partial charge in [0.25, 0.3) is 0 Å². The fourth-order valence-electron chi connectivity index (χ4n) is 6.82. The summed E-state index contributed by atoms with van der Waals surface area (Å²) in [5.41, 5.74) is 7.53. The first kappa shape index (κ1) is 24.8. The number of hydrogen-bond donors (Lipinski definition) is 1. The standard InChI is InChI=1S/C25H37N3O.2ClH/c26-22-11-9-20(10-12-22)25(29)27-15-19-13-21(17-27)24-8-4-7-23(28(24)16-19)14-18-5-2-1-3-6-18;;/h1-3,5-6,19-24H,4,7-17,26H2;2*1H/t19-,20?,21+,22?,23+,24-;;/m0../s1. The second kappa shape index (κ2) is 10.9. The molecule has 1 amide bonds. The SMILES string of the molecule is Cl.Cl.NC1CCC(C(=O)N2C[C@@H]3C[C@H](C2)[C@@H]2CCC[C@H](Cc4ccccc4)N2C3)CC1. The average molecular weight is 469 g/mol. The number of carbonyl (C=O) groups is 1. The molecule has 0 spiro atoms. The first-order chi connectivity index (χ1) is 14.2.